The van der Waals surface area contributed by atoms with E-state index in [1.807, 2.05) is 43.3 Å². The Balaban J connectivity index is 1.77. The second-order valence-corrected chi connectivity index (χ2v) is 6.45. The van der Waals surface area contributed by atoms with Gasteiger partial charge in [0.2, 0.25) is 0 Å². The summed E-state index contributed by atoms with van der Waals surface area (Å²) in [6, 6.07) is 21.2. The van der Waals surface area contributed by atoms with E-state index in [0.717, 1.165) is 21.9 Å². The van der Waals surface area contributed by atoms with Crippen LogP contribution in [0.2, 0.25) is 5.02 Å². The first-order chi connectivity index (χ1) is 12.6. The Morgan fingerprint density at radius 2 is 1.81 bits per heavy atom. The van der Waals surface area contributed by atoms with Crippen LogP contribution in [0.1, 0.15) is 24.1 Å². The predicted molar refractivity (Wildman–Crippen MR) is 106 cm³/mol. The van der Waals surface area contributed by atoms with Crippen LogP contribution in [0.3, 0.4) is 0 Å². The molecule has 0 bridgehead atoms. The molecule has 3 rings (SSSR count). The second kappa shape index (κ2) is 8.07. The fourth-order valence-corrected chi connectivity index (χ4v) is 3.08. The Labute approximate surface area is 158 Å². The van der Waals surface area contributed by atoms with Crippen molar-refractivity contribution in [2.45, 2.75) is 19.6 Å². The van der Waals surface area contributed by atoms with E-state index in [4.69, 9.17) is 16.3 Å². The number of nitrogens with zero attached hydrogens (tertiary/aromatic N) is 1. The molecule has 0 radical (unpaired) electrons. The van der Waals surface area contributed by atoms with Crippen LogP contribution in [0, 0.1) is 0 Å². The van der Waals surface area contributed by atoms with E-state index in [1.54, 1.807) is 12.1 Å². The predicted octanol–water partition coefficient (Wildman–Crippen LogP) is 6.34. The maximum Gasteiger partial charge on any atom is 0.414 e. The van der Waals surface area contributed by atoms with Gasteiger partial charge in [-0.15, -0.1) is 0 Å². The molecule has 3 nitrogen and oxygen atoms in total. The smallest absolute Gasteiger partial charge is 0.414 e. The molecule has 0 fully saturated rings. The number of hydrogen-bond donors (Lipinski definition) is 0. The Bertz CT molecular complexity index is 916. The highest BCUT2D eigenvalue weighted by molar-refractivity contribution is 6.30. The summed E-state index contributed by atoms with van der Waals surface area (Å²) < 4.78 is 5.45. The van der Waals surface area contributed by atoms with Gasteiger partial charge in [-0.05, 0) is 41.0 Å². The SMILES string of the molecule is C=CN(C(=O)OCc1ccc(Cl)cc1)[C@@H](C)c1cccc2ccccc12. The summed E-state index contributed by atoms with van der Waals surface area (Å²) in [6.07, 6.45) is 1.08. The average molecular weight is 366 g/mol. The fourth-order valence-electron chi connectivity index (χ4n) is 2.96. The number of halogens is 1. The lowest BCUT2D eigenvalue weighted by Crippen LogP contribution is -2.29. The monoisotopic (exact) mass is 365 g/mol. The van der Waals surface area contributed by atoms with Gasteiger partial charge in [0.05, 0.1) is 6.04 Å². The van der Waals surface area contributed by atoms with Crippen molar-refractivity contribution in [1.82, 2.24) is 4.90 Å². The molecule has 1 amide bonds. The van der Waals surface area contributed by atoms with Gasteiger partial charge in [-0.2, -0.15) is 0 Å². The van der Waals surface area contributed by atoms with Gasteiger partial charge >= 0.3 is 6.09 Å². The Morgan fingerprint density at radius 3 is 2.54 bits per heavy atom. The highest BCUT2D eigenvalue weighted by Gasteiger charge is 2.21. The van der Waals surface area contributed by atoms with E-state index in [0.29, 0.717) is 5.02 Å². The third-order valence-corrected chi connectivity index (χ3v) is 4.63. The van der Waals surface area contributed by atoms with E-state index in [9.17, 15) is 4.79 Å². The molecule has 3 aromatic carbocycles. The topological polar surface area (TPSA) is 29.5 Å². The number of amides is 1. The second-order valence-electron chi connectivity index (χ2n) is 6.02. The molecule has 1 atom stereocenters. The van der Waals surface area contributed by atoms with Crippen molar-refractivity contribution in [3.8, 4) is 0 Å². The van der Waals surface area contributed by atoms with E-state index in [2.05, 4.69) is 24.8 Å². The van der Waals surface area contributed by atoms with Crippen LogP contribution in [0.15, 0.2) is 79.5 Å². The lowest BCUT2D eigenvalue weighted by molar-refractivity contribution is 0.101. The van der Waals surface area contributed by atoms with Crippen LogP contribution in [0.4, 0.5) is 4.79 Å². The van der Waals surface area contributed by atoms with Gasteiger partial charge in [-0.1, -0.05) is 72.8 Å². The molecule has 3 aromatic rings. The van der Waals surface area contributed by atoms with E-state index < -0.39 is 6.09 Å². The zero-order chi connectivity index (χ0) is 18.5. The first-order valence-corrected chi connectivity index (χ1v) is 8.77. The van der Waals surface area contributed by atoms with Crippen molar-refractivity contribution in [2.75, 3.05) is 0 Å². The number of benzene rings is 3. The lowest BCUT2D eigenvalue weighted by atomic mass is 9.99. The Kier molecular flexibility index (Phi) is 5.59. The lowest BCUT2D eigenvalue weighted by Gasteiger charge is -2.26. The summed E-state index contributed by atoms with van der Waals surface area (Å²) in [5, 5.41) is 2.90. The molecule has 4 heteroatoms. The van der Waals surface area contributed by atoms with Gasteiger partial charge in [-0.3, -0.25) is 4.90 Å². The number of carbonyl (C=O) groups excluding carboxylic acids is 1. The standard InChI is InChI=1S/C22H20ClNO2/c1-3-24(22(25)26-15-17-11-13-19(23)14-12-17)16(2)20-10-6-8-18-7-4-5-9-21(18)20/h3-14,16H,1,15H2,2H3/t16-/m0/s1. The molecule has 0 spiro atoms. The quantitative estimate of drug-likeness (QED) is 0.528. The zero-order valence-electron chi connectivity index (χ0n) is 14.6. The van der Waals surface area contributed by atoms with Gasteiger partial charge in [-0.25, -0.2) is 4.79 Å². The summed E-state index contributed by atoms with van der Waals surface area (Å²) in [7, 11) is 0. The molecule has 0 heterocycles. The molecule has 0 N–H and O–H groups in total. The number of hydrogen-bond acceptors (Lipinski definition) is 2. The van der Waals surface area contributed by atoms with Gasteiger partial charge in [0.25, 0.3) is 0 Å². The number of ether oxygens (including phenoxy) is 1. The summed E-state index contributed by atoms with van der Waals surface area (Å²) in [6.45, 7) is 5.93. The van der Waals surface area contributed by atoms with Crippen LogP contribution in [0.5, 0.6) is 0 Å². The molecular formula is C22H20ClNO2. The highest BCUT2D eigenvalue weighted by atomic mass is 35.5. The third kappa shape index (κ3) is 3.89. The van der Waals surface area contributed by atoms with Crippen LogP contribution in [-0.4, -0.2) is 11.0 Å². The average Bonchev–Trinajstić information content (AvgIpc) is 2.67. The van der Waals surface area contributed by atoms with E-state index in [-0.39, 0.29) is 12.6 Å². The number of rotatable bonds is 5. The molecule has 0 saturated carbocycles. The van der Waals surface area contributed by atoms with Gasteiger partial charge in [0.1, 0.15) is 6.61 Å². The molecule has 0 unspecified atom stereocenters. The summed E-state index contributed by atoms with van der Waals surface area (Å²) in [5.41, 5.74) is 1.93. The summed E-state index contributed by atoms with van der Waals surface area (Å²) >= 11 is 5.88. The van der Waals surface area contributed by atoms with E-state index >= 15 is 0 Å². The van der Waals surface area contributed by atoms with Crippen LogP contribution < -0.4 is 0 Å². The first-order valence-electron chi connectivity index (χ1n) is 8.40. The van der Waals surface area contributed by atoms with Crippen LogP contribution in [0.25, 0.3) is 10.8 Å². The fraction of sp³-hybridized carbons (Fsp3) is 0.136. The molecule has 0 saturated heterocycles. The maximum atomic E-state index is 12.6. The third-order valence-electron chi connectivity index (χ3n) is 4.37. The Morgan fingerprint density at radius 1 is 1.12 bits per heavy atom. The molecule has 26 heavy (non-hydrogen) atoms. The molecule has 132 valence electrons. The summed E-state index contributed by atoms with van der Waals surface area (Å²) in [4.78, 5) is 14.1. The Hall–Kier alpha value is -2.78. The maximum absolute atomic E-state index is 12.6. The number of carbonyl (C=O) groups is 1. The van der Waals surface area contributed by atoms with Gasteiger partial charge in [0.15, 0.2) is 0 Å². The van der Waals surface area contributed by atoms with Crippen molar-refractivity contribution in [3.05, 3.63) is 95.7 Å². The largest absolute Gasteiger partial charge is 0.444 e. The minimum Gasteiger partial charge on any atom is -0.444 e. The molecular weight excluding hydrogens is 346 g/mol. The van der Waals surface area contributed by atoms with E-state index in [1.165, 1.54) is 11.1 Å². The van der Waals surface area contributed by atoms with Crippen molar-refractivity contribution in [2.24, 2.45) is 0 Å². The first kappa shape index (κ1) is 18.0. The molecule has 0 aromatic heterocycles. The number of fused-ring (bicyclic) bond motifs is 1. The minimum absolute atomic E-state index is 0.183. The molecule has 0 aliphatic rings. The van der Waals surface area contributed by atoms with Gasteiger partial charge in [0, 0.05) is 11.2 Å². The van der Waals surface area contributed by atoms with Crippen LogP contribution >= 0.6 is 11.6 Å². The minimum atomic E-state index is -0.435. The van der Waals surface area contributed by atoms with Crippen molar-refractivity contribution in [1.29, 1.82) is 0 Å². The molecule has 0 aliphatic carbocycles. The highest BCUT2D eigenvalue weighted by Crippen LogP contribution is 2.28. The molecule has 0 aliphatic heterocycles. The van der Waals surface area contributed by atoms with Crippen molar-refractivity contribution >= 4 is 28.5 Å². The zero-order valence-corrected chi connectivity index (χ0v) is 15.3. The van der Waals surface area contributed by atoms with Crippen molar-refractivity contribution in [3.63, 3.8) is 0 Å². The normalized spacial score (nSPS) is 11.8. The van der Waals surface area contributed by atoms with Crippen molar-refractivity contribution < 1.29 is 9.53 Å². The van der Waals surface area contributed by atoms with Crippen LogP contribution in [-0.2, 0) is 11.3 Å². The summed E-state index contributed by atoms with van der Waals surface area (Å²) in [5.74, 6) is 0. The van der Waals surface area contributed by atoms with Gasteiger partial charge < -0.3 is 4.74 Å².